The monoisotopic (exact) mass is 385 g/mol. The summed E-state index contributed by atoms with van der Waals surface area (Å²) in [4.78, 5) is 11.5. The quantitative estimate of drug-likeness (QED) is 0.502. The number of nitrogens with one attached hydrogen (secondary N) is 4. The number of nitrogens with zero attached hydrogens (tertiary/aromatic N) is 3. The summed E-state index contributed by atoms with van der Waals surface area (Å²) in [6.07, 6.45) is 0. The van der Waals surface area contributed by atoms with E-state index in [9.17, 15) is 0 Å². The Bertz CT molecular complexity index is 829. The van der Waals surface area contributed by atoms with Crippen LogP contribution >= 0.6 is 0 Å². The SMILES string of the molecule is Cc1cccc(NC2=NC3(C)NC(=NCCO)NC(N4CCOCC4)=C3N2)c1. The highest BCUT2D eigenvalue weighted by molar-refractivity contribution is 5.99. The fraction of sp³-hybridized carbons (Fsp3) is 0.474. The van der Waals surface area contributed by atoms with E-state index in [0.717, 1.165) is 30.3 Å². The summed E-state index contributed by atoms with van der Waals surface area (Å²) < 4.78 is 5.50. The molecule has 5 N–H and O–H groups in total. The van der Waals surface area contributed by atoms with Crippen LogP contribution in [0, 0.1) is 6.92 Å². The molecule has 0 bridgehead atoms. The van der Waals surface area contributed by atoms with Gasteiger partial charge in [-0.25, -0.2) is 4.99 Å². The number of aliphatic hydroxyl groups is 1. The minimum atomic E-state index is -0.681. The molecule has 0 radical (unpaired) electrons. The van der Waals surface area contributed by atoms with E-state index in [-0.39, 0.29) is 6.61 Å². The number of aliphatic imine (C=N–C) groups is 2. The Labute approximate surface area is 164 Å². The molecule has 3 aliphatic heterocycles. The summed E-state index contributed by atoms with van der Waals surface area (Å²) in [6, 6.07) is 8.16. The van der Waals surface area contributed by atoms with Gasteiger partial charge >= 0.3 is 0 Å². The Morgan fingerprint density at radius 2 is 2.14 bits per heavy atom. The van der Waals surface area contributed by atoms with Crippen molar-refractivity contribution < 1.29 is 9.84 Å². The van der Waals surface area contributed by atoms with Crippen molar-refractivity contribution in [1.82, 2.24) is 20.9 Å². The third-order valence-electron chi connectivity index (χ3n) is 4.88. The molecule has 1 aromatic rings. The van der Waals surface area contributed by atoms with Gasteiger partial charge in [0.15, 0.2) is 11.6 Å². The number of benzene rings is 1. The molecule has 1 fully saturated rings. The van der Waals surface area contributed by atoms with Crippen LogP contribution in [0.1, 0.15) is 12.5 Å². The van der Waals surface area contributed by atoms with E-state index in [2.05, 4.69) is 50.2 Å². The van der Waals surface area contributed by atoms with Crippen molar-refractivity contribution >= 4 is 17.6 Å². The van der Waals surface area contributed by atoms with Crippen molar-refractivity contribution in [1.29, 1.82) is 0 Å². The van der Waals surface area contributed by atoms with Crippen molar-refractivity contribution in [3.05, 3.63) is 41.3 Å². The normalized spacial score (nSPS) is 25.6. The molecule has 0 aliphatic carbocycles. The maximum atomic E-state index is 9.14. The van der Waals surface area contributed by atoms with Gasteiger partial charge in [-0.2, -0.15) is 0 Å². The number of ether oxygens (including phenoxy) is 1. The van der Waals surface area contributed by atoms with Gasteiger partial charge in [0.2, 0.25) is 5.96 Å². The highest BCUT2D eigenvalue weighted by atomic mass is 16.5. The molecule has 9 nitrogen and oxygen atoms in total. The molecule has 1 unspecified atom stereocenters. The molecule has 0 spiro atoms. The van der Waals surface area contributed by atoms with Crippen molar-refractivity contribution in [2.45, 2.75) is 19.5 Å². The Hall–Kier alpha value is -2.78. The number of hydrogen-bond donors (Lipinski definition) is 5. The molecule has 4 rings (SSSR count). The Balaban J connectivity index is 1.64. The van der Waals surface area contributed by atoms with E-state index in [1.807, 2.05) is 19.1 Å². The zero-order valence-electron chi connectivity index (χ0n) is 16.2. The lowest BCUT2D eigenvalue weighted by atomic mass is 10.1. The topological polar surface area (TPSA) is 106 Å². The second kappa shape index (κ2) is 7.69. The van der Waals surface area contributed by atoms with E-state index in [0.29, 0.717) is 31.7 Å². The van der Waals surface area contributed by atoms with Crippen LogP contribution in [-0.2, 0) is 4.74 Å². The molecule has 1 atom stereocenters. The Morgan fingerprint density at radius 3 is 2.89 bits per heavy atom. The smallest absolute Gasteiger partial charge is 0.203 e. The summed E-state index contributed by atoms with van der Waals surface area (Å²) in [5.41, 5.74) is 2.41. The first-order valence-corrected chi connectivity index (χ1v) is 9.56. The lowest BCUT2D eigenvalue weighted by molar-refractivity contribution is 0.0498. The number of aliphatic hydroxyl groups excluding tert-OH is 1. The molecule has 0 saturated carbocycles. The second-order valence-corrected chi connectivity index (χ2v) is 7.18. The van der Waals surface area contributed by atoms with Gasteiger partial charge in [-0.3, -0.25) is 4.99 Å². The van der Waals surface area contributed by atoms with Crippen LogP contribution in [0.3, 0.4) is 0 Å². The zero-order chi connectivity index (χ0) is 19.6. The summed E-state index contributed by atoms with van der Waals surface area (Å²) in [5, 5.41) is 22.6. The van der Waals surface area contributed by atoms with E-state index >= 15 is 0 Å². The van der Waals surface area contributed by atoms with Gasteiger partial charge in [-0.05, 0) is 31.5 Å². The summed E-state index contributed by atoms with van der Waals surface area (Å²) in [5.74, 6) is 2.21. The van der Waals surface area contributed by atoms with Crippen LogP contribution in [0.4, 0.5) is 5.69 Å². The highest BCUT2D eigenvalue weighted by Gasteiger charge is 2.43. The number of rotatable bonds is 4. The maximum absolute atomic E-state index is 9.14. The maximum Gasteiger partial charge on any atom is 0.203 e. The largest absolute Gasteiger partial charge is 0.394 e. The molecule has 3 aliphatic rings. The van der Waals surface area contributed by atoms with Crippen LogP contribution in [0.25, 0.3) is 0 Å². The molecule has 0 aromatic heterocycles. The number of hydrogen-bond acceptors (Lipinski definition) is 7. The van der Waals surface area contributed by atoms with Gasteiger partial charge in [-0.15, -0.1) is 0 Å². The van der Waals surface area contributed by atoms with Gasteiger partial charge in [0.1, 0.15) is 11.5 Å². The molecule has 1 saturated heterocycles. The van der Waals surface area contributed by atoms with E-state index in [1.54, 1.807) is 0 Å². The van der Waals surface area contributed by atoms with Crippen LogP contribution < -0.4 is 21.3 Å². The molecule has 150 valence electrons. The second-order valence-electron chi connectivity index (χ2n) is 7.18. The van der Waals surface area contributed by atoms with Gasteiger partial charge in [0.25, 0.3) is 0 Å². The summed E-state index contributed by atoms with van der Waals surface area (Å²) in [7, 11) is 0. The van der Waals surface area contributed by atoms with Gasteiger partial charge < -0.3 is 36.0 Å². The minimum absolute atomic E-state index is 0.00524. The van der Waals surface area contributed by atoms with E-state index in [4.69, 9.17) is 14.8 Å². The lowest BCUT2D eigenvalue weighted by Gasteiger charge is -2.39. The fourth-order valence-corrected chi connectivity index (χ4v) is 3.55. The predicted octanol–water partition coefficient (Wildman–Crippen LogP) is 0.125. The third-order valence-corrected chi connectivity index (χ3v) is 4.88. The Morgan fingerprint density at radius 1 is 1.32 bits per heavy atom. The standard InChI is InChI=1S/C19H27N7O2/c1-13-4-3-5-14(12-13)21-18-22-15-16(26-7-10-28-11-8-26)23-17(20-6-9-27)24-19(15,2)25-18/h3-5,12,27H,6-11H2,1-2H3,(H2,20,23,24)(H2,21,22,25). The number of aryl methyl sites for hydroxylation is 1. The first kappa shape index (κ1) is 18.6. The van der Waals surface area contributed by atoms with Crippen molar-refractivity contribution in [2.24, 2.45) is 9.98 Å². The van der Waals surface area contributed by atoms with Crippen molar-refractivity contribution in [3.8, 4) is 0 Å². The van der Waals surface area contributed by atoms with Crippen LogP contribution in [-0.4, -0.2) is 67.0 Å². The van der Waals surface area contributed by atoms with Crippen LogP contribution in [0.2, 0.25) is 0 Å². The summed E-state index contributed by atoms with van der Waals surface area (Å²) in [6.45, 7) is 7.33. The fourth-order valence-electron chi connectivity index (χ4n) is 3.55. The molecule has 0 amide bonds. The average Bonchev–Trinajstić information content (AvgIpc) is 3.02. The number of fused-ring (bicyclic) bond motifs is 1. The predicted molar refractivity (Wildman–Crippen MR) is 109 cm³/mol. The number of guanidine groups is 2. The first-order valence-electron chi connectivity index (χ1n) is 9.56. The van der Waals surface area contributed by atoms with Crippen molar-refractivity contribution in [3.63, 3.8) is 0 Å². The summed E-state index contributed by atoms with van der Waals surface area (Å²) >= 11 is 0. The van der Waals surface area contributed by atoms with Crippen LogP contribution in [0.5, 0.6) is 0 Å². The first-order chi connectivity index (χ1) is 13.6. The zero-order valence-corrected chi connectivity index (χ0v) is 16.2. The van der Waals surface area contributed by atoms with E-state index < -0.39 is 5.66 Å². The molecule has 1 aromatic carbocycles. The number of anilines is 1. The van der Waals surface area contributed by atoms with Gasteiger partial charge in [0, 0.05) is 18.8 Å². The van der Waals surface area contributed by atoms with Gasteiger partial charge in [-0.1, -0.05) is 12.1 Å². The molecular weight excluding hydrogens is 358 g/mol. The van der Waals surface area contributed by atoms with Crippen LogP contribution in [0.15, 0.2) is 45.8 Å². The molecule has 9 heteroatoms. The lowest BCUT2D eigenvalue weighted by Crippen LogP contribution is -2.60. The average molecular weight is 385 g/mol. The van der Waals surface area contributed by atoms with E-state index in [1.165, 1.54) is 5.56 Å². The Kier molecular flexibility index (Phi) is 5.10. The van der Waals surface area contributed by atoms with Crippen molar-refractivity contribution in [2.75, 3.05) is 44.8 Å². The minimum Gasteiger partial charge on any atom is -0.394 e. The highest BCUT2D eigenvalue weighted by Crippen LogP contribution is 2.29. The third kappa shape index (κ3) is 3.76. The van der Waals surface area contributed by atoms with Gasteiger partial charge in [0.05, 0.1) is 26.4 Å². The molecule has 3 heterocycles. The molecular formula is C19H27N7O2. The molecule has 28 heavy (non-hydrogen) atoms. The number of morpholine rings is 1.